The number of carbonyl (C=O) groups is 1. The van der Waals surface area contributed by atoms with Crippen molar-refractivity contribution < 1.29 is 27.4 Å². The molecule has 1 heterocycles. The molecule has 0 saturated heterocycles. The molecule has 0 bridgehead atoms. The second kappa shape index (κ2) is 8.39. The van der Waals surface area contributed by atoms with Crippen molar-refractivity contribution in [2.24, 2.45) is 0 Å². The number of carbonyl (C=O) groups excluding carboxylic acids is 1. The summed E-state index contributed by atoms with van der Waals surface area (Å²) in [6.45, 7) is 0. The molecule has 8 heteroatoms. The van der Waals surface area contributed by atoms with Gasteiger partial charge in [0.2, 0.25) is 11.5 Å². The van der Waals surface area contributed by atoms with E-state index in [1.807, 2.05) is 0 Å². The molecule has 0 saturated carbocycles. The Morgan fingerprint density at radius 3 is 1.97 bits per heavy atom. The normalized spacial score (nSPS) is 11.3. The van der Waals surface area contributed by atoms with Gasteiger partial charge in [0.25, 0.3) is 10.0 Å². The van der Waals surface area contributed by atoms with E-state index in [9.17, 15) is 13.2 Å². The Labute approximate surface area is 185 Å². The van der Waals surface area contributed by atoms with Crippen molar-refractivity contribution in [3.8, 4) is 17.2 Å². The van der Waals surface area contributed by atoms with Crippen LogP contribution in [0.5, 0.6) is 17.2 Å². The maximum atomic E-state index is 13.6. The third-order valence-corrected chi connectivity index (χ3v) is 6.85. The SMILES string of the molecule is COc1cc(C(=O)c2cc3ccccc3n2S(=O)(=O)c2ccccc2)cc(OC)c1OC. The molecule has 0 aliphatic rings. The molecule has 0 amide bonds. The summed E-state index contributed by atoms with van der Waals surface area (Å²) in [7, 11) is 0.317. The molecule has 0 aliphatic heterocycles. The number of fused-ring (bicyclic) bond motifs is 1. The number of para-hydroxylation sites is 1. The second-order valence-electron chi connectivity index (χ2n) is 6.91. The van der Waals surface area contributed by atoms with E-state index in [2.05, 4.69) is 0 Å². The molecule has 7 nitrogen and oxygen atoms in total. The first kappa shape index (κ1) is 21.5. The van der Waals surface area contributed by atoms with Crippen LogP contribution in [-0.4, -0.2) is 39.5 Å². The van der Waals surface area contributed by atoms with Crippen LogP contribution in [0.15, 0.2) is 77.7 Å². The summed E-state index contributed by atoms with van der Waals surface area (Å²) >= 11 is 0. The minimum atomic E-state index is -4.04. The molecule has 4 rings (SSSR count). The van der Waals surface area contributed by atoms with Crippen LogP contribution in [0.4, 0.5) is 0 Å². The van der Waals surface area contributed by atoms with Crippen molar-refractivity contribution in [3.63, 3.8) is 0 Å². The lowest BCUT2D eigenvalue weighted by atomic mass is 10.1. The van der Waals surface area contributed by atoms with Crippen LogP contribution < -0.4 is 14.2 Å². The third kappa shape index (κ3) is 3.48. The number of nitrogens with zero attached hydrogens (tertiary/aromatic N) is 1. The minimum Gasteiger partial charge on any atom is -0.493 e. The van der Waals surface area contributed by atoms with E-state index < -0.39 is 15.8 Å². The van der Waals surface area contributed by atoms with Crippen LogP contribution in [0.3, 0.4) is 0 Å². The summed E-state index contributed by atoms with van der Waals surface area (Å²) in [6, 6.07) is 19.5. The Morgan fingerprint density at radius 1 is 0.781 bits per heavy atom. The van der Waals surface area contributed by atoms with Gasteiger partial charge in [-0.15, -0.1) is 0 Å². The molecule has 0 radical (unpaired) electrons. The van der Waals surface area contributed by atoms with E-state index in [1.165, 1.54) is 45.6 Å². The number of hydrogen-bond acceptors (Lipinski definition) is 6. The highest BCUT2D eigenvalue weighted by atomic mass is 32.2. The third-order valence-electron chi connectivity index (χ3n) is 5.11. The molecule has 4 aromatic rings. The Kier molecular flexibility index (Phi) is 5.63. The molecule has 0 spiro atoms. The number of hydrogen-bond donors (Lipinski definition) is 0. The van der Waals surface area contributed by atoms with Gasteiger partial charge in [-0.1, -0.05) is 36.4 Å². The maximum Gasteiger partial charge on any atom is 0.268 e. The van der Waals surface area contributed by atoms with E-state index in [0.29, 0.717) is 28.2 Å². The zero-order chi connectivity index (χ0) is 22.9. The van der Waals surface area contributed by atoms with Gasteiger partial charge in [0.1, 0.15) is 5.69 Å². The van der Waals surface area contributed by atoms with Crippen LogP contribution in [0, 0.1) is 0 Å². The summed E-state index contributed by atoms with van der Waals surface area (Å²) in [5, 5.41) is 0.628. The molecule has 164 valence electrons. The first-order valence-electron chi connectivity index (χ1n) is 9.68. The van der Waals surface area contributed by atoms with Crippen LogP contribution in [0.25, 0.3) is 10.9 Å². The van der Waals surface area contributed by atoms with Gasteiger partial charge in [-0.05, 0) is 36.4 Å². The first-order valence-corrected chi connectivity index (χ1v) is 11.1. The number of ketones is 1. The predicted octanol–water partition coefficient (Wildman–Crippen LogP) is 4.14. The number of aromatic nitrogens is 1. The highest BCUT2D eigenvalue weighted by Gasteiger charge is 2.28. The van der Waals surface area contributed by atoms with Gasteiger partial charge in [-0.3, -0.25) is 4.79 Å². The smallest absolute Gasteiger partial charge is 0.268 e. The average molecular weight is 452 g/mol. The van der Waals surface area contributed by atoms with Crippen molar-refractivity contribution in [3.05, 3.63) is 84.1 Å². The van der Waals surface area contributed by atoms with Crippen LogP contribution in [-0.2, 0) is 10.0 Å². The molecule has 0 atom stereocenters. The van der Waals surface area contributed by atoms with Crippen molar-refractivity contribution in [2.45, 2.75) is 4.90 Å². The highest BCUT2D eigenvalue weighted by molar-refractivity contribution is 7.90. The first-order chi connectivity index (χ1) is 15.4. The summed E-state index contributed by atoms with van der Waals surface area (Å²) in [5.41, 5.74) is 0.614. The van der Waals surface area contributed by atoms with Crippen LogP contribution in [0.1, 0.15) is 16.1 Å². The van der Waals surface area contributed by atoms with Gasteiger partial charge in [0, 0.05) is 10.9 Å². The molecule has 0 unspecified atom stereocenters. The summed E-state index contributed by atoms with van der Waals surface area (Å²) in [4.78, 5) is 13.7. The topological polar surface area (TPSA) is 83.8 Å². The van der Waals surface area contributed by atoms with E-state index >= 15 is 0 Å². The molecule has 0 fully saturated rings. The predicted molar refractivity (Wildman–Crippen MR) is 120 cm³/mol. The standard InChI is InChI=1S/C24H21NO6S/c1-29-21-14-17(15-22(30-2)24(21)31-3)23(26)20-13-16-9-7-8-12-19(16)25(20)32(27,28)18-10-5-4-6-11-18/h4-15H,1-3H3. The van der Waals surface area contributed by atoms with Crippen molar-refractivity contribution in [1.82, 2.24) is 3.97 Å². The second-order valence-corrected chi connectivity index (χ2v) is 8.70. The van der Waals surface area contributed by atoms with Gasteiger partial charge in [-0.25, -0.2) is 12.4 Å². The van der Waals surface area contributed by atoms with Crippen molar-refractivity contribution in [2.75, 3.05) is 21.3 Å². The highest BCUT2D eigenvalue weighted by Crippen LogP contribution is 2.39. The summed E-state index contributed by atoms with van der Waals surface area (Å²) < 4.78 is 44.2. The minimum absolute atomic E-state index is 0.00401. The quantitative estimate of drug-likeness (QED) is 0.393. The average Bonchev–Trinajstić information content (AvgIpc) is 3.23. The lowest BCUT2D eigenvalue weighted by molar-refractivity contribution is 0.103. The van der Waals surface area contributed by atoms with Crippen molar-refractivity contribution >= 4 is 26.7 Å². The van der Waals surface area contributed by atoms with E-state index in [1.54, 1.807) is 48.5 Å². The van der Waals surface area contributed by atoms with Crippen LogP contribution >= 0.6 is 0 Å². The molecular formula is C24H21NO6S. The van der Waals surface area contributed by atoms with E-state index in [4.69, 9.17) is 14.2 Å². The summed E-state index contributed by atoms with van der Waals surface area (Å²) in [5.74, 6) is 0.427. The van der Waals surface area contributed by atoms with Crippen molar-refractivity contribution in [1.29, 1.82) is 0 Å². The van der Waals surface area contributed by atoms with E-state index in [-0.39, 0.29) is 16.2 Å². The number of methoxy groups -OCH3 is 3. The Bertz CT molecular complexity index is 1380. The molecule has 0 aliphatic carbocycles. The summed E-state index contributed by atoms with van der Waals surface area (Å²) in [6.07, 6.45) is 0. The largest absolute Gasteiger partial charge is 0.493 e. The molecule has 1 aromatic heterocycles. The maximum absolute atomic E-state index is 13.6. The molecule has 3 aromatic carbocycles. The lowest BCUT2D eigenvalue weighted by Crippen LogP contribution is -2.19. The van der Waals surface area contributed by atoms with Gasteiger partial charge in [0.15, 0.2) is 11.5 Å². The van der Waals surface area contributed by atoms with Crippen LogP contribution in [0.2, 0.25) is 0 Å². The number of benzene rings is 3. The fourth-order valence-corrected chi connectivity index (χ4v) is 5.14. The van der Waals surface area contributed by atoms with Gasteiger partial charge in [-0.2, -0.15) is 0 Å². The Morgan fingerprint density at radius 2 is 1.38 bits per heavy atom. The van der Waals surface area contributed by atoms with Gasteiger partial charge in [0.05, 0.1) is 31.7 Å². The fraction of sp³-hybridized carbons (Fsp3) is 0.125. The lowest BCUT2D eigenvalue weighted by Gasteiger charge is -2.15. The molecule has 32 heavy (non-hydrogen) atoms. The zero-order valence-corrected chi connectivity index (χ0v) is 18.5. The van der Waals surface area contributed by atoms with Gasteiger partial charge < -0.3 is 14.2 Å². The molecular weight excluding hydrogens is 430 g/mol. The molecule has 0 N–H and O–H groups in total. The van der Waals surface area contributed by atoms with Gasteiger partial charge >= 0.3 is 0 Å². The number of ether oxygens (including phenoxy) is 3. The fourth-order valence-electron chi connectivity index (χ4n) is 3.60. The zero-order valence-electron chi connectivity index (χ0n) is 17.7. The van der Waals surface area contributed by atoms with E-state index in [0.717, 1.165) is 3.97 Å². The monoisotopic (exact) mass is 451 g/mol. The Balaban J connectivity index is 1.97. The number of rotatable bonds is 7. The Hall–Kier alpha value is -3.78.